The fraction of sp³-hybridized carbons (Fsp3) is 0.429. The highest BCUT2D eigenvalue weighted by Crippen LogP contribution is 2.26. The molecule has 0 radical (unpaired) electrons. The molecule has 20 heavy (non-hydrogen) atoms. The number of nitriles is 1. The van der Waals surface area contributed by atoms with Crippen LogP contribution in [0.5, 0.6) is 0 Å². The maximum Gasteiger partial charge on any atom is 0.167 e. The Bertz CT molecular complexity index is 664. The van der Waals surface area contributed by atoms with Crippen LogP contribution < -0.4 is 5.32 Å². The lowest BCUT2D eigenvalue weighted by atomic mass is 10.1. The van der Waals surface area contributed by atoms with E-state index in [9.17, 15) is 5.26 Å². The number of nitrogens with zero attached hydrogens (tertiary/aromatic N) is 4. The first kappa shape index (κ1) is 14.0. The van der Waals surface area contributed by atoms with Crippen LogP contribution in [0.15, 0.2) is 4.52 Å². The first-order chi connectivity index (χ1) is 9.45. The largest absolute Gasteiger partial charge is 0.361 e. The van der Waals surface area contributed by atoms with Gasteiger partial charge in [-0.3, -0.25) is 0 Å². The van der Waals surface area contributed by atoms with Gasteiger partial charge in [0.2, 0.25) is 0 Å². The predicted octanol–water partition coefficient (Wildman–Crippen LogP) is 2.74. The van der Waals surface area contributed by atoms with E-state index in [4.69, 9.17) is 4.52 Å². The van der Waals surface area contributed by atoms with Gasteiger partial charge in [0.15, 0.2) is 5.82 Å². The lowest BCUT2D eigenvalue weighted by Crippen LogP contribution is -2.13. The van der Waals surface area contributed by atoms with Gasteiger partial charge in [0.1, 0.15) is 17.4 Å². The molecule has 2 rings (SSSR count). The Labute approximate surface area is 117 Å². The number of aromatic nitrogens is 3. The lowest BCUT2D eigenvalue weighted by molar-refractivity contribution is 0.392. The maximum atomic E-state index is 9.29. The van der Waals surface area contributed by atoms with Gasteiger partial charge >= 0.3 is 0 Å². The summed E-state index contributed by atoms with van der Waals surface area (Å²) in [4.78, 5) is 0. The molecule has 0 saturated carbocycles. The van der Waals surface area contributed by atoms with Gasteiger partial charge in [-0.05, 0) is 40.2 Å². The van der Waals surface area contributed by atoms with E-state index in [0.717, 1.165) is 28.3 Å². The molecule has 0 fully saturated rings. The molecule has 6 heteroatoms. The third kappa shape index (κ3) is 2.35. The van der Waals surface area contributed by atoms with Crippen LogP contribution in [0.25, 0.3) is 0 Å². The number of nitrogens with one attached hydrogen (secondary N) is 1. The first-order valence-electron chi connectivity index (χ1n) is 6.39. The number of rotatable bonds is 3. The van der Waals surface area contributed by atoms with Crippen LogP contribution in [-0.2, 0) is 0 Å². The van der Waals surface area contributed by atoms with Crippen molar-refractivity contribution < 1.29 is 4.52 Å². The SMILES string of the molecule is Cc1nnc(NC(C)c2c(C)noc2C)c(C#N)c1C. The van der Waals surface area contributed by atoms with Gasteiger partial charge in [0, 0.05) is 5.56 Å². The summed E-state index contributed by atoms with van der Waals surface area (Å²) in [5, 5.41) is 24.6. The zero-order valence-electron chi connectivity index (χ0n) is 12.3. The summed E-state index contributed by atoms with van der Waals surface area (Å²) in [6, 6.07) is 2.12. The van der Waals surface area contributed by atoms with Crippen LogP contribution in [0.4, 0.5) is 5.82 Å². The van der Waals surface area contributed by atoms with Crippen molar-refractivity contribution in [3.05, 3.63) is 33.8 Å². The van der Waals surface area contributed by atoms with Gasteiger partial charge in [0.05, 0.1) is 17.4 Å². The van der Waals surface area contributed by atoms with Crippen molar-refractivity contribution in [1.82, 2.24) is 15.4 Å². The molecule has 0 aliphatic heterocycles. The van der Waals surface area contributed by atoms with Gasteiger partial charge in [-0.2, -0.15) is 10.4 Å². The molecule has 0 spiro atoms. The highest BCUT2D eigenvalue weighted by molar-refractivity contribution is 5.56. The summed E-state index contributed by atoms with van der Waals surface area (Å²) in [7, 11) is 0. The van der Waals surface area contributed by atoms with Crippen LogP contribution in [0, 0.1) is 39.0 Å². The second-order valence-corrected chi connectivity index (χ2v) is 4.85. The van der Waals surface area contributed by atoms with Crippen molar-refractivity contribution in [1.29, 1.82) is 5.26 Å². The highest BCUT2D eigenvalue weighted by atomic mass is 16.5. The van der Waals surface area contributed by atoms with E-state index < -0.39 is 0 Å². The number of aryl methyl sites for hydroxylation is 3. The van der Waals surface area contributed by atoms with E-state index >= 15 is 0 Å². The molecule has 2 aromatic rings. The monoisotopic (exact) mass is 271 g/mol. The Morgan fingerprint density at radius 1 is 1.15 bits per heavy atom. The third-order valence-electron chi connectivity index (χ3n) is 3.44. The van der Waals surface area contributed by atoms with E-state index in [1.165, 1.54) is 0 Å². The normalized spacial score (nSPS) is 12.0. The van der Waals surface area contributed by atoms with Gasteiger partial charge in [-0.1, -0.05) is 5.16 Å². The summed E-state index contributed by atoms with van der Waals surface area (Å²) >= 11 is 0. The second kappa shape index (κ2) is 5.29. The fourth-order valence-corrected chi connectivity index (χ4v) is 2.23. The summed E-state index contributed by atoms with van der Waals surface area (Å²) in [5.74, 6) is 1.25. The molecule has 104 valence electrons. The summed E-state index contributed by atoms with van der Waals surface area (Å²) in [6.45, 7) is 9.44. The van der Waals surface area contributed by atoms with Crippen LogP contribution >= 0.6 is 0 Å². The van der Waals surface area contributed by atoms with Crippen molar-refractivity contribution in [2.45, 2.75) is 40.7 Å². The minimum Gasteiger partial charge on any atom is -0.361 e. The van der Waals surface area contributed by atoms with Crippen LogP contribution in [-0.4, -0.2) is 15.4 Å². The van der Waals surface area contributed by atoms with E-state index in [1.54, 1.807) is 0 Å². The summed E-state index contributed by atoms with van der Waals surface area (Å²) < 4.78 is 5.16. The maximum absolute atomic E-state index is 9.29. The summed E-state index contributed by atoms with van der Waals surface area (Å²) in [5.41, 5.74) is 3.94. The number of hydrogen-bond donors (Lipinski definition) is 1. The van der Waals surface area contributed by atoms with Crippen molar-refractivity contribution in [2.24, 2.45) is 0 Å². The van der Waals surface area contributed by atoms with Crippen molar-refractivity contribution in [3.63, 3.8) is 0 Å². The number of hydrogen-bond acceptors (Lipinski definition) is 6. The van der Waals surface area contributed by atoms with E-state index in [0.29, 0.717) is 11.4 Å². The van der Waals surface area contributed by atoms with Gasteiger partial charge < -0.3 is 9.84 Å². The molecule has 1 N–H and O–H groups in total. The molecule has 0 aliphatic rings. The quantitative estimate of drug-likeness (QED) is 0.923. The van der Waals surface area contributed by atoms with Crippen LogP contribution in [0.1, 0.15) is 46.8 Å². The molecular weight excluding hydrogens is 254 g/mol. The number of anilines is 1. The standard InChI is InChI=1S/C14H17N5O/c1-7-8(2)17-18-14(12(7)6-15)16-9(3)13-10(4)19-20-11(13)5/h9H,1-5H3,(H,16,18). The van der Waals surface area contributed by atoms with E-state index in [2.05, 4.69) is 26.7 Å². The van der Waals surface area contributed by atoms with Crippen molar-refractivity contribution in [2.75, 3.05) is 5.32 Å². The Morgan fingerprint density at radius 3 is 2.40 bits per heavy atom. The average molecular weight is 271 g/mol. The molecule has 0 saturated heterocycles. The lowest BCUT2D eigenvalue weighted by Gasteiger charge is -2.16. The molecule has 6 nitrogen and oxygen atoms in total. The second-order valence-electron chi connectivity index (χ2n) is 4.85. The molecular formula is C14H17N5O. The Hall–Kier alpha value is -2.42. The molecule has 2 heterocycles. The van der Waals surface area contributed by atoms with Crippen molar-refractivity contribution in [3.8, 4) is 6.07 Å². The molecule has 2 aromatic heterocycles. The minimum atomic E-state index is -0.0650. The molecule has 1 unspecified atom stereocenters. The predicted molar refractivity (Wildman–Crippen MR) is 74.2 cm³/mol. The topological polar surface area (TPSA) is 87.6 Å². The highest BCUT2D eigenvalue weighted by Gasteiger charge is 2.19. The average Bonchev–Trinajstić information content (AvgIpc) is 2.74. The molecule has 1 atom stereocenters. The summed E-state index contributed by atoms with van der Waals surface area (Å²) in [6.07, 6.45) is 0. The smallest absolute Gasteiger partial charge is 0.167 e. The van der Waals surface area contributed by atoms with E-state index in [1.807, 2.05) is 34.6 Å². The van der Waals surface area contributed by atoms with Gasteiger partial charge in [-0.25, -0.2) is 0 Å². The Morgan fingerprint density at radius 2 is 1.85 bits per heavy atom. The van der Waals surface area contributed by atoms with Crippen LogP contribution in [0.3, 0.4) is 0 Å². The molecule has 0 amide bonds. The van der Waals surface area contributed by atoms with E-state index in [-0.39, 0.29) is 6.04 Å². The van der Waals surface area contributed by atoms with Crippen LogP contribution in [0.2, 0.25) is 0 Å². The minimum absolute atomic E-state index is 0.0650. The molecule has 0 bridgehead atoms. The zero-order valence-corrected chi connectivity index (χ0v) is 12.3. The third-order valence-corrected chi connectivity index (χ3v) is 3.44. The molecule has 0 aliphatic carbocycles. The first-order valence-corrected chi connectivity index (χ1v) is 6.39. The van der Waals surface area contributed by atoms with Gasteiger partial charge in [-0.15, -0.1) is 5.10 Å². The molecule has 0 aromatic carbocycles. The van der Waals surface area contributed by atoms with Crippen molar-refractivity contribution >= 4 is 5.82 Å². The fourth-order valence-electron chi connectivity index (χ4n) is 2.23. The Kier molecular flexibility index (Phi) is 3.70. The van der Waals surface area contributed by atoms with Gasteiger partial charge in [0.25, 0.3) is 0 Å². The Balaban J connectivity index is 2.36. The zero-order chi connectivity index (χ0) is 14.9.